The van der Waals surface area contributed by atoms with Crippen molar-refractivity contribution in [2.45, 2.75) is 37.3 Å². The van der Waals surface area contributed by atoms with E-state index < -0.39 is 10.6 Å². The lowest BCUT2D eigenvalue weighted by atomic mass is 9.64. The average Bonchev–Trinajstić information content (AvgIpc) is 2.89. The molecule has 2 atom stereocenters. The molecule has 0 unspecified atom stereocenters. The van der Waals surface area contributed by atoms with Gasteiger partial charge in [0.1, 0.15) is 0 Å². The monoisotopic (exact) mass is 378 g/mol. The zero-order valence-electron chi connectivity index (χ0n) is 16.2. The van der Waals surface area contributed by atoms with E-state index in [1.54, 1.807) is 6.07 Å². The Balaban J connectivity index is 1.77. The fourth-order valence-corrected chi connectivity index (χ4v) is 5.46. The largest absolute Gasteiger partial charge is 0.493 e. The second-order valence-corrected chi connectivity index (χ2v) is 8.00. The summed E-state index contributed by atoms with van der Waals surface area (Å²) in [6, 6.07) is 11.5. The maximum atomic E-state index is 11.4. The van der Waals surface area contributed by atoms with Crippen molar-refractivity contribution in [1.29, 1.82) is 0 Å². The van der Waals surface area contributed by atoms with Crippen LogP contribution in [0, 0.1) is 10.1 Å². The van der Waals surface area contributed by atoms with Crippen molar-refractivity contribution >= 4 is 17.5 Å². The summed E-state index contributed by atoms with van der Waals surface area (Å²) in [5.74, 6) is 0.968. The molecule has 2 aliphatic heterocycles. The molecule has 6 heteroatoms. The Bertz CT molecular complexity index is 1050. The maximum Gasteiger partial charge on any atom is 0.274 e. The van der Waals surface area contributed by atoms with E-state index in [2.05, 4.69) is 49.2 Å². The van der Waals surface area contributed by atoms with Crippen LogP contribution < -0.4 is 14.4 Å². The van der Waals surface area contributed by atoms with Crippen LogP contribution in [0.3, 0.4) is 0 Å². The van der Waals surface area contributed by atoms with Gasteiger partial charge in [0, 0.05) is 24.4 Å². The summed E-state index contributed by atoms with van der Waals surface area (Å²) in [7, 11) is 3.60. The molecular formula is C22H22N2O4. The lowest BCUT2D eigenvalue weighted by molar-refractivity contribution is -0.385. The number of non-ortho nitro benzene ring substituents is 1. The molecule has 1 fully saturated rings. The molecule has 1 aliphatic carbocycles. The number of benzene rings is 2. The molecule has 0 saturated heterocycles. The number of likely N-dealkylation sites (N-methyl/N-ethyl adjacent to an activating group) is 1. The summed E-state index contributed by atoms with van der Waals surface area (Å²) in [4.78, 5) is 13.2. The van der Waals surface area contributed by atoms with Crippen LogP contribution in [0.5, 0.6) is 11.5 Å². The lowest BCUT2D eigenvalue weighted by Gasteiger charge is -2.53. The molecule has 3 aliphatic rings. The molecule has 0 radical (unpaired) electrons. The number of hydrogen-bond acceptors (Lipinski definition) is 5. The lowest BCUT2D eigenvalue weighted by Crippen LogP contribution is -2.63. The number of nitrogens with zero attached hydrogens (tertiary/aromatic N) is 2. The van der Waals surface area contributed by atoms with Crippen molar-refractivity contribution in [3.05, 3.63) is 63.2 Å². The Kier molecular flexibility index (Phi) is 3.36. The van der Waals surface area contributed by atoms with Gasteiger partial charge in [0.15, 0.2) is 11.5 Å². The van der Waals surface area contributed by atoms with Crippen LogP contribution in [0.2, 0.25) is 0 Å². The van der Waals surface area contributed by atoms with Gasteiger partial charge in [-0.3, -0.25) is 10.1 Å². The van der Waals surface area contributed by atoms with Crippen LogP contribution >= 0.6 is 0 Å². The van der Waals surface area contributed by atoms with Crippen molar-refractivity contribution in [2.75, 3.05) is 19.1 Å². The summed E-state index contributed by atoms with van der Waals surface area (Å²) < 4.78 is 12.3. The SMILES string of the molecule is COc1cc([N+](=O)[O-])cc2c1O[C@]13C(=C2)CCC[C@@]1(C)c1ccccc1N3C. The van der Waals surface area contributed by atoms with Crippen molar-refractivity contribution < 1.29 is 14.4 Å². The van der Waals surface area contributed by atoms with Crippen LogP contribution in [0.15, 0.2) is 42.0 Å². The first-order valence-electron chi connectivity index (χ1n) is 9.52. The van der Waals surface area contributed by atoms with Crippen LogP contribution in [-0.4, -0.2) is 24.8 Å². The number of hydrogen-bond donors (Lipinski definition) is 0. The average molecular weight is 378 g/mol. The number of rotatable bonds is 2. The zero-order chi connectivity index (χ0) is 19.7. The molecule has 0 N–H and O–H groups in total. The fourth-order valence-electron chi connectivity index (χ4n) is 5.46. The molecular weight excluding hydrogens is 356 g/mol. The molecule has 2 aromatic rings. The van der Waals surface area contributed by atoms with Gasteiger partial charge in [0.05, 0.1) is 23.5 Å². The van der Waals surface area contributed by atoms with E-state index in [1.807, 2.05) is 0 Å². The molecule has 0 amide bonds. The van der Waals surface area contributed by atoms with E-state index in [1.165, 1.54) is 24.4 Å². The Morgan fingerprint density at radius 2 is 2.07 bits per heavy atom. The van der Waals surface area contributed by atoms with Crippen LogP contribution in [0.1, 0.15) is 37.3 Å². The number of nitro groups is 1. The van der Waals surface area contributed by atoms with Gasteiger partial charge in [-0.15, -0.1) is 0 Å². The highest BCUT2D eigenvalue weighted by Crippen LogP contribution is 2.62. The maximum absolute atomic E-state index is 11.4. The molecule has 0 aromatic heterocycles. The molecule has 5 rings (SSSR count). The third-order valence-electron chi connectivity index (χ3n) is 6.72. The first kappa shape index (κ1) is 17.1. The van der Waals surface area contributed by atoms with Gasteiger partial charge >= 0.3 is 0 Å². The van der Waals surface area contributed by atoms with Gasteiger partial charge in [0.2, 0.25) is 5.72 Å². The quantitative estimate of drug-likeness (QED) is 0.561. The number of para-hydroxylation sites is 1. The second kappa shape index (κ2) is 5.50. The van der Waals surface area contributed by atoms with Crippen molar-refractivity contribution in [3.8, 4) is 11.5 Å². The highest BCUT2D eigenvalue weighted by Gasteiger charge is 2.64. The highest BCUT2D eigenvalue weighted by atomic mass is 16.6. The van der Waals surface area contributed by atoms with Crippen molar-refractivity contribution in [1.82, 2.24) is 0 Å². The topological polar surface area (TPSA) is 64.8 Å². The van der Waals surface area contributed by atoms with E-state index >= 15 is 0 Å². The summed E-state index contributed by atoms with van der Waals surface area (Å²) in [5, 5.41) is 11.4. The minimum absolute atomic E-state index is 0.00799. The molecule has 28 heavy (non-hydrogen) atoms. The third kappa shape index (κ3) is 1.87. The van der Waals surface area contributed by atoms with Gasteiger partial charge in [-0.2, -0.15) is 0 Å². The first-order chi connectivity index (χ1) is 13.4. The van der Waals surface area contributed by atoms with E-state index in [-0.39, 0.29) is 11.1 Å². The fraction of sp³-hybridized carbons (Fsp3) is 0.364. The van der Waals surface area contributed by atoms with E-state index in [0.717, 1.165) is 24.8 Å². The minimum Gasteiger partial charge on any atom is -0.493 e. The number of anilines is 1. The second-order valence-electron chi connectivity index (χ2n) is 8.00. The van der Waals surface area contributed by atoms with E-state index in [0.29, 0.717) is 17.1 Å². The highest BCUT2D eigenvalue weighted by molar-refractivity contribution is 5.78. The molecule has 2 aromatic carbocycles. The Hall–Kier alpha value is -3.02. The van der Waals surface area contributed by atoms with Crippen LogP contribution in [0.25, 0.3) is 6.08 Å². The van der Waals surface area contributed by atoms with Gasteiger partial charge < -0.3 is 14.4 Å². The third-order valence-corrected chi connectivity index (χ3v) is 6.72. The predicted octanol–water partition coefficient (Wildman–Crippen LogP) is 4.67. The minimum atomic E-state index is -0.647. The molecule has 1 saturated carbocycles. The Labute approximate surface area is 163 Å². The molecule has 1 spiro atoms. The normalized spacial score (nSPS) is 27.0. The molecule has 6 nitrogen and oxygen atoms in total. The van der Waals surface area contributed by atoms with E-state index in [4.69, 9.17) is 9.47 Å². The molecule has 144 valence electrons. The molecule has 2 heterocycles. The number of ether oxygens (including phenoxy) is 2. The van der Waals surface area contributed by atoms with Crippen molar-refractivity contribution in [3.63, 3.8) is 0 Å². The number of nitro benzene ring substituents is 1. The standard InChI is InChI=1S/C22H22N2O4/c1-21-10-6-7-15-11-14-12-16(24(25)26)13-19(27-3)20(14)28-22(15,21)23(2)18-9-5-4-8-17(18)21/h4-5,8-9,11-13H,6-7,10H2,1-3H3/t21-,22+/m0/s1. The van der Waals surface area contributed by atoms with Gasteiger partial charge in [0.25, 0.3) is 5.69 Å². The summed E-state index contributed by atoms with van der Waals surface area (Å²) >= 11 is 0. The summed E-state index contributed by atoms with van der Waals surface area (Å²) in [6.45, 7) is 2.27. The smallest absolute Gasteiger partial charge is 0.274 e. The number of methoxy groups -OCH3 is 1. The predicted molar refractivity (Wildman–Crippen MR) is 107 cm³/mol. The number of fused-ring (bicyclic) bond motifs is 3. The van der Waals surface area contributed by atoms with E-state index in [9.17, 15) is 10.1 Å². The summed E-state index contributed by atoms with van der Waals surface area (Å²) in [5.41, 5.74) is 3.47. The van der Waals surface area contributed by atoms with Gasteiger partial charge in [-0.1, -0.05) is 18.2 Å². The van der Waals surface area contributed by atoms with Crippen LogP contribution in [0.4, 0.5) is 11.4 Å². The van der Waals surface area contributed by atoms with Gasteiger partial charge in [-0.25, -0.2) is 0 Å². The zero-order valence-corrected chi connectivity index (χ0v) is 16.2. The Morgan fingerprint density at radius 3 is 2.82 bits per heavy atom. The van der Waals surface area contributed by atoms with Crippen LogP contribution in [-0.2, 0) is 5.41 Å². The van der Waals surface area contributed by atoms with Gasteiger partial charge in [-0.05, 0) is 49.5 Å². The molecule has 0 bridgehead atoms. The van der Waals surface area contributed by atoms with Crippen molar-refractivity contribution in [2.24, 2.45) is 0 Å². The Morgan fingerprint density at radius 1 is 1.29 bits per heavy atom. The first-order valence-corrected chi connectivity index (χ1v) is 9.52. The summed E-state index contributed by atoms with van der Waals surface area (Å²) in [6.07, 6.45) is 5.04.